The molecule has 2 N–H and O–H groups in total. The number of carbonyl (C=O) groups is 2. The van der Waals surface area contributed by atoms with Crippen molar-refractivity contribution >= 4 is 11.8 Å². The Morgan fingerprint density at radius 1 is 0.826 bits per heavy atom. The summed E-state index contributed by atoms with van der Waals surface area (Å²) in [5, 5.41) is 0. The maximum absolute atomic E-state index is 12.0. The molecule has 0 spiro atoms. The van der Waals surface area contributed by atoms with Crippen LogP contribution >= 0.6 is 0 Å². The van der Waals surface area contributed by atoms with Crippen LogP contribution in [-0.2, 0) is 0 Å². The largest absolute Gasteiger partial charge is 0.444 e. The third-order valence-corrected chi connectivity index (χ3v) is 3.08. The Bertz CT molecular complexity index is 813. The fraction of sp³-hybridized carbons (Fsp3) is 0. The quantitative estimate of drug-likeness (QED) is 0.728. The molecule has 6 nitrogen and oxygen atoms in total. The molecule has 23 heavy (non-hydrogen) atoms. The van der Waals surface area contributed by atoms with Crippen LogP contribution in [0.2, 0.25) is 0 Å². The summed E-state index contributed by atoms with van der Waals surface area (Å²) >= 11 is 0. The predicted octanol–water partition coefficient (Wildman–Crippen LogP) is 2.42. The van der Waals surface area contributed by atoms with E-state index in [1.807, 2.05) is 30.3 Å². The van der Waals surface area contributed by atoms with Gasteiger partial charge in [-0.25, -0.2) is 4.98 Å². The molecule has 0 aliphatic carbocycles. The molecule has 6 heteroatoms. The van der Waals surface area contributed by atoms with E-state index in [1.165, 1.54) is 6.26 Å². The molecule has 0 bridgehead atoms. The monoisotopic (exact) mass is 307 g/mol. The van der Waals surface area contributed by atoms with E-state index in [2.05, 4.69) is 15.8 Å². The van der Waals surface area contributed by atoms with E-state index < -0.39 is 11.8 Å². The van der Waals surface area contributed by atoms with Crippen LogP contribution in [0.1, 0.15) is 20.8 Å². The second-order valence-corrected chi connectivity index (χ2v) is 4.68. The second-order valence-electron chi connectivity index (χ2n) is 4.68. The number of nitrogens with one attached hydrogen (secondary N) is 2. The summed E-state index contributed by atoms with van der Waals surface area (Å²) in [5.41, 5.74) is 5.91. The number of hydrogen-bond acceptors (Lipinski definition) is 4. The van der Waals surface area contributed by atoms with Gasteiger partial charge in [-0.1, -0.05) is 36.4 Å². The Balaban J connectivity index is 1.63. The molecule has 2 amide bonds. The first-order valence-corrected chi connectivity index (χ1v) is 6.91. The average molecular weight is 307 g/mol. The maximum Gasteiger partial charge on any atom is 0.291 e. The summed E-state index contributed by atoms with van der Waals surface area (Å²) in [5.74, 6) is -0.629. The number of hydrazine groups is 1. The highest BCUT2D eigenvalue weighted by Gasteiger charge is 2.14. The first-order chi connectivity index (χ1) is 11.2. The summed E-state index contributed by atoms with van der Waals surface area (Å²) in [6, 6.07) is 17.8. The number of amides is 2. The van der Waals surface area contributed by atoms with Crippen LogP contribution in [0.4, 0.5) is 0 Å². The Kier molecular flexibility index (Phi) is 4.15. The molecule has 1 heterocycles. The number of aromatic nitrogens is 1. The molecular weight excluding hydrogens is 294 g/mol. The van der Waals surface area contributed by atoms with Crippen LogP contribution in [0.15, 0.2) is 71.3 Å². The van der Waals surface area contributed by atoms with Crippen molar-refractivity contribution in [2.24, 2.45) is 0 Å². The molecule has 2 aromatic carbocycles. The highest BCUT2D eigenvalue weighted by Crippen LogP contribution is 2.17. The molecule has 1 aromatic heterocycles. The van der Waals surface area contributed by atoms with Gasteiger partial charge in [0.1, 0.15) is 6.26 Å². The molecule has 0 radical (unpaired) electrons. The minimum absolute atomic E-state index is 0.0808. The van der Waals surface area contributed by atoms with Crippen molar-refractivity contribution in [2.45, 2.75) is 0 Å². The second kappa shape index (κ2) is 6.57. The van der Waals surface area contributed by atoms with Gasteiger partial charge in [0.2, 0.25) is 5.89 Å². The van der Waals surface area contributed by atoms with E-state index in [0.29, 0.717) is 11.5 Å². The van der Waals surface area contributed by atoms with Gasteiger partial charge in [0.05, 0.1) is 0 Å². The lowest BCUT2D eigenvalue weighted by Crippen LogP contribution is -2.41. The van der Waals surface area contributed by atoms with Gasteiger partial charge in [-0.3, -0.25) is 20.4 Å². The molecule has 0 atom stereocenters. The van der Waals surface area contributed by atoms with Crippen LogP contribution in [0.25, 0.3) is 11.5 Å². The van der Waals surface area contributed by atoms with E-state index in [1.54, 1.807) is 30.3 Å². The third-order valence-electron chi connectivity index (χ3n) is 3.08. The summed E-state index contributed by atoms with van der Waals surface area (Å²) in [7, 11) is 0. The topological polar surface area (TPSA) is 84.2 Å². The Labute approximate surface area is 132 Å². The van der Waals surface area contributed by atoms with E-state index in [-0.39, 0.29) is 5.69 Å². The van der Waals surface area contributed by atoms with Crippen molar-refractivity contribution in [2.75, 3.05) is 0 Å². The van der Waals surface area contributed by atoms with E-state index in [0.717, 1.165) is 5.56 Å². The molecule has 114 valence electrons. The van der Waals surface area contributed by atoms with Crippen LogP contribution < -0.4 is 10.9 Å². The molecule has 0 saturated carbocycles. The smallest absolute Gasteiger partial charge is 0.291 e. The SMILES string of the molecule is O=C(NNC(=O)c1coc(-c2ccccc2)n1)c1ccccc1. The van der Waals surface area contributed by atoms with Crippen molar-refractivity contribution in [3.05, 3.63) is 78.2 Å². The van der Waals surface area contributed by atoms with Gasteiger partial charge in [-0.2, -0.15) is 0 Å². The lowest BCUT2D eigenvalue weighted by Gasteiger charge is -2.05. The lowest BCUT2D eigenvalue weighted by molar-refractivity contribution is 0.0844. The first kappa shape index (κ1) is 14.5. The minimum atomic E-state index is -0.555. The average Bonchev–Trinajstić information content (AvgIpc) is 3.11. The van der Waals surface area contributed by atoms with Crippen LogP contribution in [0, 0.1) is 0 Å². The molecule has 3 rings (SSSR count). The maximum atomic E-state index is 12.0. The van der Waals surface area contributed by atoms with E-state index >= 15 is 0 Å². The van der Waals surface area contributed by atoms with Crippen LogP contribution in [0.5, 0.6) is 0 Å². The minimum Gasteiger partial charge on any atom is -0.444 e. The number of rotatable bonds is 3. The van der Waals surface area contributed by atoms with Crippen molar-refractivity contribution in [1.29, 1.82) is 0 Å². The highest BCUT2D eigenvalue weighted by atomic mass is 16.3. The predicted molar refractivity (Wildman–Crippen MR) is 83.3 cm³/mol. The Hall–Kier alpha value is -3.41. The third kappa shape index (κ3) is 3.44. The fourth-order valence-corrected chi connectivity index (χ4v) is 1.93. The normalized spacial score (nSPS) is 10.1. The van der Waals surface area contributed by atoms with Gasteiger partial charge in [0.25, 0.3) is 11.8 Å². The standard InChI is InChI=1S/C17H13N3O3/c21-15(12-7-3-1-4-8-12)19-20-16(22)14-11-23-17(18-14)13-9-5-2-6-10-13/h1-11H,(H,19,21)(H,20,22). The van der Waals surface area contributed by atoms with Crippen molar-refractivity contribution in [3.63, 3.8) is 0 Å². The van der Waals surface area contributed by atoms with E-state index in [4.69, 9.17) is 4.42 Å². The molecule has 0 saturated heterocycles. The molecule has 0 aliphatic rings. The molecular formula is C17H13N3O3. The van der Waals surface area contributed by atoms with Crippen LogP contribution in [-0.4, -0.2) is 16.8 Å². The zero-order valence-electron chi connectivity index (χ0n) is 12.0. The van der Waals surface area contributed by atoms with Crippen molar-refractivity contribution < 1.29 is 14.0 Å². The number of nitrogens with zero attached hydrogens (tertiary/aromatic N) is 1. The summed E-state index contributed by atoms with van der Waals surface area (Å²) < 4.78 is 5.28. The zero-order valence-corrected chi connectivity index (χ0v) is 12.0. The van der Waals surface area contributed by atoms with Gasteiger partial charge < -0.3 is 4.42 Å². The van der Waals surface area contributed by atoms with Gasteiger partial charge in [0.15, 0.2) is 5.69 Å². The number of benzene rings is 2. The van der Waals surface area contributed by atoms with Gasteiger partial charge in [-0.05, 0) is 24.3 Å². The Morgan fingerprint density at radius 3 is 2.13 bits per heavy atom. The lowest BCUT2D eigenvalue weighted by atomic mass is 10.2. The highest BCUT2D eigenvalue weighted by molar-refractivity contribution is 5.98. The fourth-order valence-electron chi connectivity index (χ4n) is 1.93. The van der Waals surface area contributed by atoms with Gasteiger partial charge >= 0.3 is 0 Å². The van der Waals surface area contributed by atoms with Gasteiger partial charge in [-0.15, -0.1) is 0 Å². The summed E-state index contributed by atoms with van der Waals surface area (Å²) in [6.45, 7) is 0. The Morgan fingerprint density at radius 2 is 1.43 bits per heavy atom. The number of carbonyl (C=O) groups excluding carboxylic acids is 2. The molecule has 0 aliphatic heterocycles. The van der Waals surface area contributed by atoms with Crippen molar-refractivity contribution in [1.82, 2.24) is 15.8 Å². The van der Waals surface area contributed by atoms with Crippen molar-refractivity contribution in [3.8, 4) is 11.5 Å². The molecule has 3 aromatic rings. The zero-order chi connectivity index (χ0) is 16.1. The van der Waals surface area contributed by atoms with Gasteiger partial charge in [0, 0.05) is 11.1 Å². The molecule has 0 fully saturated rings. The summed E-state index contributed by atoms with van der Waals surface area (Å²) in [4.78, 5) is 27.9. The van der Waals surface area contributed by atoms with E-state index in [9.17, 15) is 9.59 Å². The molecule has 0 unspecified atom stereocenters. The number of oxazole rings is 1. The van der Waals surface area contributed by atoms with Crippen LogP contribution in [0.3, 0.4) is 0 Å². The summed E-state index contributed by atoms with van der Waals surface area (Å²) in [6.07, 6.45) is 1.24. The number of hydrogen-bond donors (Lipinski definition) is 2. The first-order valence-electron chi connectivity index (χ1n) is 6.91.